The number of aliphatic hydroxyl groups excluding tert-OH is 1. The van der Waals surface area contributed by atoms with Gasteiger partial charge in [-0.2, -0.15) is 18.6 Å². The van der Waals surface area contributed by atoms with Crippen molar-refractivity contribution in [1.29, 1.82) is 5.41 Å². The minimum atomic E-state index is -4.60. The van der Waals surface area contributed by atoms with Crippen molar-refractivity contribution in [3.05, 3.63) is 64.2 Å². The Morgan fingerprint density at radius 3 is 2.73 bits per heavy atom. The zero-order valence-electron chi connectivity index (χ0n) is 25.6. The average Bonchev–Trinajstić information content (AvgIpc) is 3.61. The predicted octanol–water partition coefficient (Wildman–Crippen LogP) is 3.52. The van der Waals surface area contributed by atoms with Crippen LogP contribution in [0.4, 0.5) is 18.9 Å². The van der Waals surface area contributed by atoms with E-state index in [4.69, 9.17) is 15.9 Å². The van der Waals surface area contributed by atoms with Crippen LogP contribution < -0.4 is 21.3 Å². The van der Waals surface area contributed by atoms with Gasteiger partial charge in [-0.1, -0.05) is 18.1 Å². The number of carbonyl (C=O) groups excluding carboxylic acids is 1. The lowest BCUT2D eigenvalue weighted by Crippen LogP contribution is -2.62. The van der Waals surface area contributed by atoms with E-state index >= 15 is 0 Å². The molecule has 9 nitrogen and oxygen atoms in total. The van der Waals surface area contributed by atoms with Crippen molar-refractivity contribution in [3.8, 4) is 11.8 Å². The van der Waals surface area contributed by atoms with Crippen LogP contribution in [0.5, 0.6) is 0 Å². The van der Waals surface area contributed by atoms with E-state index in [1.54, 1.807) is 35.6 Å². The molecule has 5 rings (SSSR count). The summed E-state index contributed by atoms with van der Waals surface area (Å²) >= 11 is 0. The predicted molar refractivity (Wildman–Crippen MR) is 165 cm³/mol. The fraction of sp³-hybridized carbons (Fsp3) is 0.485. The highest BCUT2D eigenvalue weighted by Crippen LogP contribution is 2.57. The molecule has 2 aromatic carbocycles. The molecule has 2 aromatic rings. The van der Waals surface area contributed by atoms with E-state index in [1.165, 1.54) is 0 Å². The van der Waals surface area contributed by atoms with Crippen LogP contribution in [0.2, 0.25) is 0 Å². The summed E-state index contributed by atoms with van der Waals surface area (Å²) in [6.45, 7) is 3.19. The first-order valence-electron chi connectivity index (χ1n) is 15.1. The number of aliphatic hydroxyl groups is 1. The third-order valence-electron chi connectivity index (χ3n) is 9.16. The normalized spacial score (nSPS) is 24.4. The maximum absolute atomic E-state index is 14.3. The van der Waals surface area contributed by atoms with Gasteiger partial charge in [-0.3, -0.25) is 4.79 Å². The minimum absolute atomic E-state index is 0.0511. The number of fused-ring (bicyclic) bond motifs is 1. The van der Waals surface area contributed by atoms with E-state index in [0.717, 1.165) is 30.8 Å². The van der Waals surface area contributed by atoms with Crippen LogP contribution in [-0.4, -0.2) is 60.1 Å². The van der Waals surface area contributed by atoms with Crippen molar-refractivity contribution in [2.75, 3.05) is 31.6 Å². The fourth-order valence-corrected chi connectivity index (χ4v) is 6.99. The highest BCUT2D eigenvalue weighted by molar-refractivity contribution is 5.93. The number of nitrogens with two attached hydrogens (primary N) is 1. The minimum Gasteiger partial charge on any atom is -0.375 e. The van der Waals surface area contributed by atoms with Crippen molar-refractivity contribution < 1.29 is 32.4 Å². The molecular formula is C33H40F3N6O3+. The van der Waals surface area contributed by atoms with Crippen LogP contribution in [0.1, 0.15) is 73.1 Å². The molecule has 0 aromatic heterocycles. The second-order valence-electron chi connectivity index (χ2n) is 12.1. The van der Waals surface area contributed by atoms with Crippen LogP contribution >= 0.6 is 0 Å². The summed E-state index contributed by atoms with van der Waals surface area (Å²) in [6, 6.07) is 10.2. The van der Waals surface area contributed by atoms with E-state index in [0.29, 0.717) is 56.0 Å². The molecular weight excluding hydrogens is 585 g/mol. The molecule has 1 saturated carbocycles. The topological polar surface area (TPSA) is 127 Å². The summed E-state index contributed by atoms with van der Waals surface area (Å²) in [7, 11) is 1.72. The zero-order valence-corrected chi connectivity index (χ0v) is 25.6. The summed E-state index contributed by atoms with van der Waals surface area (Å²) in [6.07, 6.45) is -0.957. The number of nitrogens with one attached hydrogen (secondary N) is 3. The lowest BCUT2D eigenvalue weighted by molar-refractivity contribution is -0.369. The van der Waals surface area contributed by atoms with Crippen molar-refractivity contribution in [2.24, 2.45) is 5.73 Å². The van der Waals surface area contributed by atoms with Gasteiger partial charge in [0, 0.05) is 37.5 Å². The Bertz CT molecular complexity index is 1550. The molecule has 1 spiro atoms. The Morgan fingerprint density at radius 2 is 2.07 bits per heavy atom. The van der Waals surface area contributed by atoms with Gasteiger partial charge in [0.1, 0.15) is 0 Å². The number of anilines is 1. The van der Waals surface area contributed by atoms with Crippen LogP contribution in [0.3, 0.4) is 0 Å². The number of amidine groups is 1. The quantitative estimate of drug-likeness (QED) is 0.0905. The number of hydrogen-bond donors (Lipinski definition) is 5. The largest absolute Gasteiger partial charge is 0.416 e. The standard InChI is InChI=1S/C33H39F3N6O3/c1-3-7-28(43)40-12-6-11-39-17-22-14-25-26(27(15-22)33(34,35)36)18-42(29(25)44)24-9-4-8-23(16-24)32(30(38)41(2)21-37)19-31(20-32)10-5-13-45-31/h4,8-9,14-16,21,29,37-39,44H,5-6,10-13,17-20H2,1-2H3,(H,40,43)/p+1. The first-order chi connectivity index (χ1) is 21.4. The summed E-state index contributed by atoms with van der Waals surface area (Å²) in [5.41, 5.74) is 7.14. The lowest BCUT2D eigenvalue weighted by Gasteiger charge is -2.53. The molecule has 1 unspecified atom stereocenters. The number of amides is 1. The molecule has 2 heterocycles. The van der Waals surface area contributed by atoms with Gasteiger partial charge in [-0.25, -0.2) is 4.58 Å². The van der Waals surface area contributed by atoms with Gasteiger partial charge >= 0.3 is 6.18 Å². The third kappa shape index (κ3) is 6.43. The molecule has 12 heteroatoms. The maximum atomic E-state index is 14.3. The molecule has 45 heavy (non-hydrogen) atoms. The number of halogens is 3. The van der Waals surface area contributed by atoms with Crippen molar-refractivity contribution in [3.63, 3.8) is 0 Å². The Morgan fingerprint density at radius 1 is 1.29 bits per heavy atom. The van der Waals surface area contributed by atoms with E-state index in [1.807, 2.05) is 18.2 Å². The van der Waals surface area contributed by atoms with E-state index in [-0.39, 0.29) is 35.7 Å². The molecule has 1 atom stereocenters. The van der Waals surface area contributed by atoms with Crippen molar-refractivity contribution in [2.45, 2.75) is 75.5 Å². The number of alkyl halides is 3. The highest BCUT2D eigenvalue weighted by atomic mass is 19.4. The second kappa shape index (κ2) is 12.8. The van der Waals surface area contributed by atoms with Gasteiger partial charge in [-0.05, 0) is 92.4 Å². The van der Waals surface area contributed by atoms with E-state index in [9.17, 15) is 23.1 Å². The van der Waals surface area contributed by atoms with Gasteiger partial charge in [0.25, 0.3) is 5.91 Å². The number of nitrogens with zero attached hydrogens (tertiary/aromatic N) is 2. The van der Waals surface area contributed by atoms with Crippen molar-refractivity contribution >= 4 is 23.8 Å². The number of carbonyl (C=O) groups is 1. The van der Waals surface area contributed by atoms with Crippen LogP contribution in [-0.2, 0) is 34.2 Å². The molecule has 240 valence electrons. The number of benzene rings is 2. The molecule has 2 aliphatic heterocycles. The highest BCUT2D eigenvalue weighted by Gasteiger charge is 2.61. The first kappa shape index (κ1) is 32.5. The first-order valence-corrected chi connectivity index (χ1v) is 15.1. The van der Waals surface area contributed by atoms with Gasteiger partial charge in [0.15, 0.2) is 6.23 Å². The maximum Gasteiger partial charge on any atom is 0.416 e. The summed E-state index contributed by atoms with van der Waals surface area (Å²) < 4.78 is 50.6. The Hall–Kier alpha value is -3.92. The Balaban J connectivity index is 1.37. The molecule has 6 N–H and O–H groups in total. The van der Waals surface area contributed by atoms with Crippen LogP contribution in [0, 0.1) is 17.3 Å². The summed E-state index contributed by atoms with van der Waals surface area (Å²) in [5, 5.41) is 25.0. The average molecular weight is 626 g/mol. The van der Waals surface area contributed by atoms with Crippen LogP contribution in [0.25, 0.3) is 0 Å². The molecule has 3 aliphatic rings. The van der Waals surface area contributed by atoms with Gasteiger partial charge in [0.2, 0.25) is 12.2 Å². The van der Waals surface area contributed by atoms with Crippen LogP contribution in [0.15, 0.2) is 36.4 Å². The summed E-state index contributed by atoms with van der Waals surface area (Å²) in [5.74, 6) is 5.04. The molecule has 1 saturated heterocycles. The number of ether oxygens (including phenoxy) is 1. The zero-order chi connectivity index (χ0) is 32.4. The molecule has 2 fully saturated rings. The Kier molecular flexibility index (Phi) is 9.26. The molecule has 1 aliphatic carbocycles. The number of rotatable bonds is 10. The second-order valence-corrected chi connectivity index (χ2v) is 12.1. The fourth-order valence-electron chi connectivity index (χ4n) is 6.99. The molecule has 0 bridgehead atoms. The lowest BCUT2D eigenvalue weighted by atomic mass is 9.54. The molecule has 1 amide bonds. The number of hydrogen-bond acceptors (Lipinski definition) is 6. The Labute approximate surface area is 261 Å². The summed E-state index contributed by atoms with van der Waals surface area (Å²) in [4.78, 5) is 13.0. The van der Waals surface area contributed by atoms with Gasteiger partial charge in [-0.15, -0.1) is 0 Å². The smallest absolute Gasteiger partial charge is 0.375 e. The van der Waals surface area contributed by atoms with E-state index < -0.39 is 23.4 Å². The van der Waals surface area contributed by atoms with Crippen molar-refractivity contribution in [1.82, 2.24) is 10.6 Å². The SMILES string of the molecule is CC#CC(=O)NCCCNCc1cc2c(c(C(F)(F)F)c1)CN(c1cccc(C3(C(N)=[N+](C)C=N)CC4(CCCO4)C3)c1)C2O. The monoisotopic (exact) mass is 625 g/mol. The van der Waals surface area contributed by atoms with Gasteiger partial charge < -0.3 is 31.1 Å². The molecule has 0 radical (unpaired) electrons. The third-order valence-corrected chi connectivity index (χ3v) is 9.16. The van der Waals surface area contributed by atoms with Gasteiger partial charge in [0.05, 0.1) is 23.6 Å². The van der Waals surface area contributed by atoms with E-state index in [2.05, 4.69) is 22.5 Å².